The van der Waals surface area contributed by atoms with Gasteiger partial charge >= 0.3 is 0 Å². The van der Waals surface area contributed by atoms with Crippen LogP contribution in [-0.2, 0) is 5.41 Å². The van der Waals surface area contributed by atoms with Crippen molar-refractivity contribution in [2.75, 3.05) is 6.61 Å². The fraction of sp³-hybridized carbons (Fsp3) is 0.455. The summed E-state index contributed by atoms with van der Waals surface area (Å²) in [6.45, 7) is 2.36. The fourth-order valence-electron chi connectivity index (χ4n) is 2.03. The minimum absolute atomic E-state index is 0.0433. The van der Waals surface area contributed by atoms with Crippen LogP contribution in [0.2, 0.25) is 5.02 Å². The van der Waals surface area contributed by atoms with Crippen molar-refractivity contribution in [2.24, 2.45) is 5.92 Å². The zero-order chi connectivity index (χ0) is 9.47. The van der Waals surface area contributed by atoms with Crippen LogP contribution in [-0.4, -0.2) is 11.7 Å². The molecule has 2 unspecified atom stereocenters. The third-order valence-electron chi connectivity index (χ3n) is 3.15. The molecule has 1 aromatic rings. The molecule has 1 N–H and O–H groups in total. The maximum Gasteiger partial charge on any atom is 0.0531 e. The van der Waals surface area contributed by atoms with Crippen LogP contribution in [0.1, 0.15) is 18.9 Å². The van der Waals surface area contributed by atoms with Crippen molar-refractivity contribution < 1.29 is 5.11 Å². The molecule has 1 fully saturated rings. The Bertz CT molecular complexity index is 320. The summed E-state index contributed by atoms with van der Waals surface area (Å²) in [7, 11) is 0. The molecule has 2 atom stereocenters. The Balaban J connectivity index is 2.41. The Morgan fingerprint density at radius 1 is 1.54 bits per heavy atom. The summed E-state index contributed by atoms with van der Waals surface area (Å²) in [4.78, 5) is 0. The number of aliphatic hydroxyl groups is 1. The van der Waals surface area contributed by atoms with E-state index in [-0.39, 0.29) is 12.0 Å². The van der Waals surface area contributed by atoms with Gasteiger partial charge in [-0.3, -0.25) is 0 Å². The third-order valence-corrected chi connectivity index (χ3v) is 3.48. The first-order chi connectivity index (χ1) is 6.20. The fourth-order valence-corrected chi connectivity index (χ4v) is 2.36. The molecule has 0 heterocycles. The predicted molar refractivity (Wildman–Crippen MR) is 54.0 cm³/mol. The topological polar surface area (TPSA) is 20.2 Å². The number of rotatable bonds is 2. The van der Waals surface area contributed by atoms with Crippen molar-refractivity contribution in [3.63, 3.8) is 0 Å². The Labute approximate surface area is 83.3 Å². The molecule has 1 aliphatic rings. The Morgan fingerprint density at radius 2 is 2.15 bits per heavy atom. The average Bonchev–Trinajstić information content (AvgIpc) is 2.79. The molecule has 0 amide bonds. The van der Waals surface area contributed by atoms with Crippen molar-refractivity contribution in [1.82, 2.24) is 0 Å². The van der Waals surface area contributed by atoms with Gasteiger partial charge in [-0.2, -0.15) is 0 Å². The van der Waals surface area contributed by atoms with Gasteiger partial charge in [0.2, 0.25) is 0 Å². The van der Waals surface area contributed by atoms with E-state index in [1.165, 1.54) is 0 Å². The highest BCUT2D eigenvalue weighted by Crippen LogP contribution is 2.55. The second-order valence-corrected chi connectivity index (χ2v) is 4.31. The van der Waals surface area contributed by atoms with Crippen LogP contribution in [0, 0.1) is 5.92 Å². The van der Waals surface area contributed by atoms with Crippen molar-refractivity contribution in [2.45, 2.75) is 18.8 Å². The van der Waals surface area contributed by atoms with E-state index < -0.39 is 0 Å². The molecule has 1 nitrogen and oxygen atoms in total. The van der Waals surface area contributed by atoms with Gasteiger partial charge in [0.1, 0.15) is 0 Å². The highest BCUT2D eigenvalue weighted by atomic mass is 35.5. The van der Waals surface area contributed by atoms with Gasteiger partial charge < -0.3 is 5.11 Å². The molecule has 0 saturated heterocycles. The van der Waals surface area contributed by atoms with Crippen molar-refractivity contribution in [3.05, 3.63) is 34.9 Å². The molecular weight excluding hydrogens is 184 g/mol. The first-order valence-corrected chi connectivity index (χ1v) is 4.94. The normalized spacial score (nSPS) is 31.8. The smallest absolute Gasteiger partial charge is 0.0531 e. The second kappa shape index (κ2) is 3.00. The van der Waals surface area contributed by atoms with E-state index in [0.29, 0.717) is 5.92 Å². The molecule has 1 saturated carbocycles. The maximum atomic E-state index is 9.35. The number of hydrogen-bond donors (Lipinski definition) is 1. The Kier molecular flexibility index (Phi) is 2.09. The van der Waals surface area contributed by atoms with Crippen LogP contribution >= 0.6 is 11.6 Å². The second-order valence-electron chi connectivity index (χ2n) is 3.90. The standard InChI is InChI=1S/C11H13ClO/c1-8-6-11(8,7-13)9-4-2-3-5-10(9)12/h2-5,8,13H,6-7H2,1H3. The average molecular weight is 197 g/mol. The zero-order valence-electron chi connectivity index (χ0n) is 7.63. The molecule has 2 rings (SSSR count). The highest BCUT2D eigenvalue weighted by molar-refractivity contribution is 6.31. The molecule has 0 aromatic heterocycles. The van der Waals surface area contributed by atoms with Gasteiger partial charge in [-0.1, -0.05) is 36.7 Å². The van der Waals surface area contributed by atoms with E-state index in [4.69, 9.17) is 11.6 Å². The minimum atomic E-state index is -0.0433. The molecule has 2 heteroatoms. The largest absolute Gasteiger partial charge is 0.395 e. The monoisotopic (exact) mass is 196 g/mol. The van der Waals surface area contributed by atoms with Crippen molar-refractivity contribution >= 4 is 11.6 Å². The van der Waals surface area contributed by atoms with Crippen LogP contribution in [0.4, 0.5) is 0 Å². The first-order valence-electron chi connectivity index (χ1n) is 4.56. The summed E-state index contributed by atoms with van der Waals surface area (Å²) in [5.74, 6) is 0.553. The summed E-state index contributed by atoms with van der Waals surface area (Å²) in [5.41, 5.74) is 1.06. The van der Waals surface area contributed by atoms with E-state index >= 15 is 0 Å². The number of benzene rings is 1. The number of halogens is 1. The first kappa shape index (κ1) is 9.04. The maximum absolute atomic E-state index is 9.35. The summed E-state index contributed by atoms with van der Waals surface area (Å²) >= 11 is 6.08. The van der Waals surface area contributed by atoms with Gasteiger partial charge in [0.05, 0.1) is 6.61 Å². The number of hydrogen-bond acceptors (Lipinski definition) is 1. The molecule has 0 spiro atoms. The SMILES string of the molecule is CC1CC1(CO)c1ccccc1Cl. The minimum Gasteiger partial charge on any atom is -0.395 e. The van der Waals surface area contributed by atoms with Gasteiger partial charge in [-0.05, 0) is 24.0 Å². The van der Waals surface area contributed by atoms with Crippen LogP contribution in [0.5, 0.6) is 0 Å². The van der Waals surface area contributed by atoms with Gasteiger partial charge in [-0.15, -0.1) is 0 Å². The van der Waals surface area contributed by atoms with Gasteiger partial charge in [0, 0.05) is 10.4 Å². The van der Waals surface area contributed by atoms with Crippen molar-refractivity contribution in [3.8, 4) is 0 Å². The lowest BCUT2D eigenvalue weighted by Crippen LogP contribution is -2.15. The molecule has 1 aliphatic carbocycles. The van der Waals surface area contributed by atoms with E-state index in [1.54, 1.807) is 0 Å². The summed E-state index contributed by atoms with van der Waals surface area (Å²) in [5, 5.41) is 10.1. The summed E-state index contributed by atoms with van der Waals surface area (Å²) in [6.07, 6.45) is 1.05. The van der Waals surface area contributed by atoms with E-state index in [1.807, 2.05) is 24.3 Å². The molecule has 13 heavy (non-hydrogen) atoms. The molecular formula is C11H13ClO. The van der Waals surface area contributed by atoms with Gasteiger partial charge in [0.15, 0.2) is 0 Å². The predicted octanol–water partition coefficient (Wildman–Crippen LogP) is 2.61. The molecule has 0 bridgehead atoms. The third kappa shape index (κ3) is 1.27. The number of aliphatic hydroxyl groups excluding tert-OH is 1. The highest BCUT2D eigenvalue weighted by Gasteiger charge is 2.52. The van der Waals surface area contributed by atoms with Crippen LogP contribution in [0.15, 0.2) is 24.3 Å². The van der Waals surface area contributed by atoms with Crippen LogP contribution in [0.25, 0.3) is 0 Å². The van der Waals surface area contributed by atoms with E-state index in [0.717, 1.165) is 17.0 Å². The quantitative estimate of drug-likeness (QED) is 0.771. The Hall–Kier alpha value is -0.530. The lowest BCUT2D eigenvalue weighted by Gasteiger charge is -2.15. The van der Waals surface area contributed by atoms with E-state index in [9.17, 15) is 5.11 Å². The summed E-state index contributed by atoms with van der Waals surface area (Å²) in [6, 6.07) is 7.80. The molecule has 0 aliphatic heterocycles. The van der Waals surface area contributed by atoms with Crippen LogP contribution < -0.4 is 0 Å². The molecule has 0 radical (unpaired) electrons. The van der Waals surface area contributed by atoms with Gasteiger partial charge in [-0.25, -0.2) is 0 Å². The lowest BCUT2D eigenvalue weighted by atomic mass is 9.94. The lowest BCUT2D eigenvalue weighted by molar-refractivity contribution is 0.247. The van der Waals surface area contributed by atoms with Crippen LogP contribution in [0.3, 0.4) is 0 Å². The van der Waals surface area contributed by atoms with Gasteiger partial charge in [0.25, 0.3) is 0 Å². The summed E-state index contributed by atoms with van der Waals surface area (Å²) < 4.78 is 0. The molecule has 70 valence electrons. The Morgan fingerprint density at radius 3 is 2.62 bits per heavy atom. The zero-order valence-corrected chi connectivity index (χ0v) is 8.38. The van der Waals surface area contributed by atoms with E-state index in [2.05, 4.69) is 6.92 Å². The van der Waals surface area contributed by atoms with Crippen molar-refractivity contribution in [1.29, 1.82) is 0 Å². The molecule has 1 aromatic carbocycles.